The molecule has 13 heavy (non-hydrogen) atoms. The van der Waals surface area contributed by atoms with Gasteiger partial charge in [0.2, 0.25) is 0 Å². The molecule has 7 heteroatoms. The van der Waals surface area contributed by atoms with Crippen LogP contribution in [0.5, 0.6) is 0 Å². The zero-order chi connectivity index (χ0) is 10.5. The molecule has 0 aromatic carbocycles. The highest BCUT2D eigenvalue weighted by Crippen LogP contribution is 2.02. The summed E-state index contributed by atoms with van der Waals surface area (Å²) >= 11 is 0. The van der Waals surface area contributed by atoms with Gasteiger partial charge in [0, 0.05) is 0 Å². The standard InChI is InChI=1S/C6H22O3Si4/c1-12(2,3)8-10-7-11-9-13(4,5)6/h10-11H2,1-6H3. The van der Waals surface area contributed by atoms with Crippen LogP contribution in [-0.2, 0) is 12.3 Å². The highest BCUT2D eigenvalue weighted by Gasteiger charge is 2.15. The molecule has 0 heterocycles. The van der Waals surface area contributed by atoms with Crippen LogP contribution in [0.1, 0.15) is 0 Å². The van der Waals surface area contributed by atoms with Gasteiger partial charge in [0.1, 0.15) is 0 Å². The fraction of sp³-hybridized carbons (Fsp3) is 1.00. The van der Waals surface area contributed by atoms with Crippen molar-refractivity contribution < 1.29 is 12.3 Å². The molecule has 3 nitrogen and oxygen atoms in total. The van der Waals surface area contributed by atoms with Crippen LogP contribution in [-0.4, -0.2) is 36.6 Å². The number of rotatable bonds is 6. The van der Waals surface area contributed by atoms with Crippen LogP contribution in [0.25, 0.3) is 0 Å². The van der Waals surface area contributed by atoms with Gasteiger partial charge in [-0.25, -0.2) is 0 Å². The number of hydrogen-bond donors (Lipinski definition) is 0. The Morgan fingerprint density at radius 1 is 0.692 bits per heavy atom. The van der Waals surface area contributed by atoms with E-state index < -0.39 is 36.6 Å². The van der Waals surface area contributed by atoms with Gasteiger partial charge < -0.3 is 12.3 Å². The SMILES string of the molecule is C[Si](C)(C)O[SiH2]O[SiH2]O[Si](C)(C)C. The Kier molecular flexibility index (Phi) is 5.91. The molecular formula is C6H22O3Si4. The van der Waals surface area contributed by atoms with E-state index >= 15 is 0 Å². The second-order valence-electron chi connectivity index (χ2n) is 4.95. The van der Waals surface area contributed by atoms with Crippen molar-refractivity contribution in [2.75, 3.05) is 0 Å². The first kappa shape index (κ1) is 13.7. The molecule has 0 amide bonds. The molecule has 0 saturated heterocycles. The van der Waals surface area contributed by atoms with Gasteiger partial charge in [0.15, 0.2) is 16.6 Å². The third kappa shape index (κ3) is 12.7. The van der Waals surface area contributed by atoms with Crippen LogP contribution in [0.15, 0.2) is 0 Å². The normalized spacial score (nSPS) is 15.2. The Labute approximate surface area is 88.6 Å². The van der Waals surface area contributed by atoms with Crippen LogP contribution in [0.2, 0.25) is 39.3 Å². The van der Waals surface area contributed by atoms with Gasteiger partial charge in [-0.05, 0) is 39.3 Å². The first-order valence-electron chi connectivity index (χ1n) is 4.56. The molecule has 0 aromatic rings. The Morgan fingerprint density at radius 3 is 1.23 bits per heavy atom. The van der Waals surface area contributed by atoms with E-state index in [1.807, 2.05) is 0 Å². The molecule has 0 fully saturated rings. The minimum absolute atomic E-state index is 0.741. The summed E-state index contributed by atoms with van der Waals surface area (Å²) in [6.45, 7) is 13.1. The maximum absolute atomic E-state index is 5.67. The predicted molar refractivity (Wildman–Crippen MR) is 67.0 cm³/mol. The van der Waals surface area contributed by atoms with Gasteiger partial charge in [0.25, 0.3) is 20.0 Å². The largest absolute Gasteiger partial charge is 0.441 e. The fourth-order valence-corrected chi connectivity index (χ4v) is 5.74. The molecule has 0 bridgehead atoms. The fourth-order valence-electron chi connectivity index (χ4n) is 0.471. The van der Waals surface area contributed by atoms with Crippen LogP contribution in [0, 0.1) is 0 Å². The summed E-state index contributed by atoms with van der Waals surface area (Å²) in [7, 11) is -4.16. The molecule has 80 valence electrons. The summed E-state index contributed by atoms with van der Waals surface area (Å²) in [5, 5.41) is 0. The molecule has 0 aliphatic heterocycles. The van der Waals surface area contributed by atoms with Crippen molar-refractivity contribution in [2.45, 2.75) is 39.3 Å². The average Bonchev–Trinajstić information content (AvgIpc) is 1.81. The topological polar surface area (TPSA) is 27.7 Å². The molecule has 0 spiro atoms. The molecule has 0 aliphatic carbocycles. The Balaban J connectivity index is 3.28. The zero-order valence-electron chi connectivity index (χ0n) is 9.64. The summed E-state index contributed by atoms with van der Waals surface area (Å²) in [5.41, 5.74) is 0. The van der Waals surface area contributed by atoms with Gasteiger partial charge in [-0.15, -0.1) is 0 Å². The summed E-state index contributed by atoms with van der Waals surface area (Å²) in [6.07, 6.45) is 0. The third-order valence-electron chi connectivity index (χ3n) is 1.15. The van der Waals surface area contributed by atoms with E-state index in [4.69, 9.17) is 12.3 Å². The predicted octanol–water partition coefficient (Wildman–Crippen LogP) is 0.704. The van der Waals surface area contributed by atoms with Crippen LogP contribution in [0.3, 0.4) is 0 Å². The lowest BCUT2D eigenvalue weighted by Crippen LogP contribution is -2.32. The maximum atomic E-state index is 5.67. The summed E-state index contributed by atoms with van der Waals surface area (Å²) in [6, 6.07) is 0. The van der Waals surface area contributed by atoms with Crippen molar-refractivity contribution >= 4 is 36.6 Å². The quantitative estimate of drug-likeness (QED) is 0.516. The molecule has 0 aromatic heterocycles. The van der Waals surface area contributed by atoms with Gasteiger partial charge in [-0.2, -0.15) is 0 Å². The van der Waals surface area contributed by atoms with E-state index in [1.165, 1.54) is 0 Å². The lowest BCUT2D eigenvalue weighted by Gasteiger charge is -2.20. The second kappa shape index (κ2) is 5.59. The average molecular weight is 255 g/mol. The lowest BCUT2D eigenvalue weighted by atomic mass is 11.8. The summed E-state index contributed by atoms with van der Waals surface area (Å²) < 4.78 is 16.8. The van der Waals surface area contributed by atoms with Gasteiger partial charge in [-0.3, -0.25) is 0 Å². The van der Waals surface area contributed by atoms with Crippen molar-refractivity contribution in [2.24, 2.45) is 0 Å². The maximum Gasteiger partial charge on any atom is 0.284 e. The van der Waals surface area contributed by atoms with Gasteiger partial charge in [0.05, 0.1) is 0 Å². The highest BCUT2D eigenvalue weighted by atomic mass is 28.4. The van der Waals surface area contributed by atoms with E-state index in [1.54, 1.807) is 0 Å². The Morgan fingerprint density at radius 2 is 1.00 bits per heavy atom. The first-order chi connectivity index (χ1) is 5.71. The van der Waals surface area contributed by atoms with E-state index in [-0.39, 0.29) is 0 Å². The molecule has 0 aliphatic rings. The summed E-state index contributed by atoms with van der Waals surface area (Å²) in [4.78, 5) is 0. The van der Waals surface area contributed by atoms with E-state index in [9.17, 15) is 0 Å². The van der Waals surface area contributed by atoms with Crippen molar-refractivity contribution in [3.8, 4) is 0 Å². The molecule has 0 radical (unpaired) electrons. The van der Waals surface area contributed by atoms with Crippen LogP contribution < -0.4 is 0 Å². The Hall–Kier alpha value is 0.748. The zero-order valence-corrected chi connectivity index (χ0v) is 14.5. The van der Waals surface area contributed by atoms with Crippen molar-refractivity contribution in [1.29, 1.82) is 0 Å². The van der Waals surface area contributed by atoms with Crippen molar-refractivity contribution in [1.82, 2.24) is 0 Å². The lowest BCUT2D eigenvalue weighted by molar-refractivity contribution is 0.415. The minimum Gasteiger partial charge on any atom is -0.441 e. The molecule has 0 rings (SSSR count). The minimum atomic E-state index is -1.34. The highest BCUT2D eigenvalue weighted by molar-refractivity contribution is 6.75. The van der Waals surface area contributed by atoms with E-state index in [2.05, 4.69) is 39.3 Å². The van der Waals surface area contributed by atoms with Crippen molar-refractivity contribution in [3.05, 3.63) is 0 Å². The van der Waals surface area contributed by atoms with Gasteiger partial charge in [-0.1, -0.05) is 0 Å². The van der Waals surface area contributed by atoms with Crippen molar-refractivity contribution in [3.63, 3.8) is 0 Å². The molecule has 0 N–H and O–H groups in total. The number of hydrogen-bond acceptors (Lipinski definition) is 3. The molecule has 0 saturated carbocycles. The van der Waals surface area contributed by atoms with E-state index in [0.717, 1.165) is 0 Å². The molecular weight excluding hydrogens is 232 g/mol. The monoisotopic (exact) mass is 254 g/mol. The Bertz CT molecular complexity index is 124. The summed E-state index contributed by atoms with van der Waals surface area (Å²) in [5.74, 6) is 0. The molecule has 0 unspecified atom stereocenters. The van der Waals surface area contributed by atoms with Gasteiger partial charge >= 0.3 is 0 Å². The smallest absolute Gasteiger partial charge is 0.284 e. The second-order valence-corrected chi connectivity index (χ2v) is 17.8. The molecule has 0 atom stereocenters. The van der Waals surface area contributed by atoms with E-state index in [0.29, 0.717) is 0 Å². The van der Waals surface area contributed by atoms with Crippen LogP contribution in [0.4, 0.5) is 0 Å². The van der Waals surface area contributed by atoms with Crippen LogP contribution >= 0.6 is 0 Å². The first-order valence-corrected chi connectivity index (χ1v) is 13.7. The third-order valence-corrected chi connectivity index (χ3v) is 10.4.